The molecule has 0 aliphatic heterocycles. The molecule has 7 nitrogen and oxygen atoms in total. The maximum absolute atomic E-state index is 11.7. The van der Waals surface area contributed by atoms with E-state index in [2.05, 4.69) is 20.5 Å². The molecule has 1 aromatic carbocycles. The predicted octanol–water partition coefficient (Wildman–Crippen LogP) is 1.47. The number of carbonyl (C=O) groups is 1. The predicted molar refractivity (Wildman–Crippen MR) is 72.9 cm³/mol. The van der Waals surface area contributed by atoms with Gasteiger partial charge in [-0.2, -0.15) is 0 Å². The number of ether oxygens (including phenoxy) is 1. The molecule has 2 aromatic rings. The van der Waals surface area contributed by atoms with Crippen LogP contribution in [0.2, 0.25) is 0 Å². The largest absolute Gasteiger partial charge is 0.459 e. The van der Waals surface area contributed by atoms with Crippen LogP contribution >= 0.6 is 0 Å². The van der Waals surface area contributed by atoms with E-state index < -0.39 is 0 Å². The molecule has 20 heavy (non-hydrogen) atoms. The fourth-order valence-corrected chi connectivity index (χ4v) is 1.48. The van der Waals surface area contributed by atoms with Crippen molar-refractivity contribution in [2.75, 3.05) is 5.32 Å². The van der Waals surface area contributed by atoms with E-state index in [9.17, 15) is 9.59 Å². The van der Waals surface area contributed by atoms with Crippen LogP contribution in [0.4, 0.5) is 11.6 Å². The molecule has 0 fully saturated rings. The average Bonchev–Trinajstić information content (AvgIpc) is 2.38. The van der Waals surface area contributed by atoms with E-state index in [1.165, 1.54) is 0 Å². The van der Waals surface area contributed by atoms with Gasteiger partial charge < -0.3 is 10.1 Å². The first-order valence-corrected chi connectivity index (χ1v) is 6.04. The summed E-state index contributed by atoms with van der Waals surface area (Å²) in [6, 6.07) is 6.62. The molecule has 0 aliphatic carbocycles. The smallest absolute Gasteiger partial charge is 0.338 e. The standard InChI is InChI=1S/C13H14N4O3/c1-8(2)20-12(19)9-3-5-10(6-4-9)15-13-16-11(18)7-14-17-13/h3-8H,1-2H3,(H2,15,16,17,18). The minimum Gasteiger partial charge on any atom is -0.459 e. The normalized spacial score (nSPS) is 10.3. The lowest BCUT2D eigenvalue weighted by molar-refractivity contribution is 0.0378. The quantitative estimate of drug-likeness (QED) is 0.819. The first-order chi connectivity index (χ1) is 9.54. The summed E-state index contributed by atoms with van der Waals surface area (Å²) in [7, 11) is 0. The number of H-pyrrole nitrogens is 1. The van der Waals surface area contributed by atoms with Crippen molar-refractivity contribution in [3.05, 3.63) is 46.4 Å². The van der Waals surface area contributed by atoms with Crippen LogP contribution in [0.3, 0.4) is 0 Å². The molecule has 0 radical (unpaired) electrons. The van der Waals surface area contributed by atoms with Gasteiger partial charge in [0, 0.05) is 5.69 Å². The first kappa shape index (κ1) is 13.7. The summed E-state index contributed by atoms with van der Waals surface area (Å²) in [5.74, 6) is -0.144. The van der Waals surface area contributed by atoms with Crippen LogP contribution in [-0.4, -0.2) is 27.3 Å². The summed E-state index contributed by atoms with van der Waals surface area (Å²) in [4.78, 5) is 25.2. The number of nitrogens with one attached hydrogen (secondary N) is 2. The van der Waals surface area contributed by atoms with Gasteiger partial charge in [0.2, 0.25) is 5.95 Å². The van der Waals surface area contributed by atoms with E-state index in [0.29, 0.717) is 11.3 Å². The SMILES string of the molecule is CC(C)OC(=O)c1ccc(Nc2nncc(=O)[nH]2)cc1. The van der Waals surface area contributed by atoms with Crippen molar-refractivity contribution in [3.63, 3.8) is 0 Å². The van der Waals surface area contributed by atoms with Crippen LogP contribution < -0.4 is 10.9 Å². The van der Waals surface area contributed by atoms with Gasteiger partial charge in [0.05, 0.1) is 11.7 Å². The highest BCUT2D eigenvalue weighted by atomic mass is 16.5. The molecular weight excluding hydrogens is 260 g/mol. The zero-order valence-corrected chi connectivity index (χ0v) is 11.1. The van der Waals surface area contributed by atoms with Crippen molar-refractivity contribution in [3.8, 4) is 0 Å². The number of benzene rings is 1. The Kier molecular flexibility index (Phi) is 4.09. The lowest BCUT2D eigenvalue weighted by atomic mass is 10.2. The second-order valence-corrected chi connectivity index (χ2v) is 4.34. The highest BCUT2D eigenvalue weighted by Gasteiger charge is 2.08. The van der Waals surface area contributed by atoms with Gasteiger partial charge in [-0.1, -0.05) is 0 Å². The van der Waals surface area contributed by atoms with E-state index in [1.54, 1.807) is 38.1 Å². The molecule has 0 saturated carbocycles. The summed E-state index contributed by atoms with van der Waals surface area (Å²) in [5, 5.41) is 10.1. The number of hydrogen-bond acceptors (Lipinski definition) is 6. The molecule has 0 atom stereocenters. The molecule has 2 N–H and O–H groups in total. The summed E-state index contributed by atoms with van der Waals surface area (Å²) in [5.41, 5.74) is 0.777. The van der Waals surface area contributed by atoms with Crippen LogP contribution in [0.5, 0.6) is 0 Å². The molecule has 1 heterocycles. The highest BCUT2D eigenvalue weighted by molar-refractivity contribution is 5.90. The van der Waals surface area contributed by atoms with Gasteiger partial charge in [-0.15, -0.1) is 10.2 Å². The second-order valence-electron chi connectivity index (χ2n) is 4.34. The van der Waals surface area contributed by atoms with E-state index in [0.717, 1.165) is 6.20 Å². The van der Waals surface area contributed by atoms with Crippen LogP contribution in [0.15, 0.2) is 35.3 Å². The third-order valence-corrected chi connectivity index (χ3v) is 2.30. The molecule has 0 amide bonds. The molecule has 1 aromatic heterocycles. The number of hydrogen-bond donors (Lipinski definition) is 2. The van der Waals surface area contributed by atoms with E-state index in [4.69, 9.17) is 4.74 Å². The monoisotopic (exact) mass is 274 g/mol. The fraction of sp³-hybridized carbons (Fsp3) is 0.231. The number of nitrogens with zero attached hydrogens (tertiary/aromatic N) is 2. The van der Waals surface area contributed by atoms with Gasteiger partial charge in [0.25, 0.3) is 5.56 Å². The molecule has 0 saturated heterocycles. The summed E-state index contributed by atoms with van der Waals surface area (Å²) in [6.07, 6.45) is 0.917. The topological polar surface area (TPSA) is 97.0 Å². The highest BCUT2D eigenvalue weighted by Crippen LogP contribution is 2.13. The molecule has 0 aliphatic rings. The molecule has 104 valence electrons. The van der Waals surface area contributed by atoms with Crippen LogP contribution in [0, 0.1) is 0 Å². The molecule has 0 spiro atoms. The molecule has 0 unspecified atom stereocenters. The van der Waals surface area contributed by atoms with Crippen LogP contribution in [0.1, 0.15) is 24.2 Å². The van der Waals surface area contributed by atoms with Gasteiger partial charge in [0.15, 0.2) is 0 Å². The number of carbonyl (C=O) groups excluding carboxylic acids is 1. The van der Waals surface area contributed by atoms with Crippen LogP contribution in [0.25, 0.3) is 0 Å². The Hall–Kier alpha value is -2.70. The van der Waals surface area contributed by atoms with Crippen molar-refractivity contribution >= 4 is 17.6 Å². The minimum absolute atomic E-state index is 0.162. The molecular formula is C13H14N4O3. The van der Waals surface area contributed by atoms with Crippen molar-refractivity contribution < 1.29 is 9.53 Å². The average molecular weight is 274 g/mol. The Bertz CT molecular complexity index is 649. The third-order valence-electron chi connectivity index (χ3n) is 2.30. The maximum atomic E-state index is 11.7. The lowest BCUT2D eigenvalue weighted by Gasteiger charge is -2.08. The number of aromatic amines is 1. The van der Waals surface area contributed by atoms with Crippen molar-refractivity contribution in [1.29, 1.82) is 0 Å². The summed E-state index contributed by atoms with van der Waals surface area (Å²) < 4.78 is 5.08. The van der Waals surface area contributed by atoms with Gasteiger partial charge in [-0.3, -0.25) is 9.78 Å². The minimum atomic E-state index is -0.376. The Morgan fingerprint density at radius 2 is 2.00 bits per heavy atom. The van der Waals surface area contributed by atoms with Gasteiger partial charge in [-0.25, -0.2) is 4.79 Å². The van der Waals surface area contributed by atoms with Gasteiger partial charge in [0.1, 0.15) is 6.20 Å². The Balaban J connectivity index is 2.08. The number of aromatic nitrogens is 3. The van der Waals surface area contributed by atoms with Crippen molar-refractivity contribution in [2.45, 2.75) is 20.0 Å². The van der Waals surface area contributed by atoms with Crippen molar-refractivity contribution in [1.82, 2.24) is 15.2 Å². The molecule has 0 bridgehead atoms. The van der Waals surface area contributed by atoms with Gasteiger partial charge >= 0.3 is 5.97 Å². The van der Waals surface area contributed by atoms with E-state index in [1.807, 2.05) is 0 Å². The third kappa shape index (κ3) is 3.64. The number of esters is 1. The summed E-state index contributed by atoms with van der Waals surface area (Å²) >= 11 is 0. The fourth-order valence-electron chi connectivity index (χ4n) is 1.48. The van der Waals surface area contributed by atoms with E-state index >= 15 is 0 Å². The Morgan fingerprint density at radius 3 is 2.60 bits per heavy atom. The lowest BCUT2D eigenvalue weighted by Crippen LogP contribution is -2.12. The van der Waals surface area contributed by atoms with Crippen LogP contribution in [-0.2, 0) is 4.74 Å². The second kappa shape index (κ2) is 5.96. The summed E-state index contributed by atoms with van der Waals surface area (Å²) in [6.45, 7) is 3.58. The Morgan fingerprint density at radius 1 is 1.30 bits per heavy atom. The molecule has 7 heteroatoms. The number of rotatable bonds is 4. The zero-order chi connectivity index (χ0) is 14.5. The van der Waals surface area contributed by atoms with Crippen molar-refractivity contribution in [2.24, 2.45) is 0 Å². The Labute approximate surface area is 115 Å². The zero-order valence-electron chi connectivity index (χ0n) is 11.1. The maximum Gasteiger partial charge on any atom is 0.338 e. The number of anilines is 2. The van der Waals surface area contributed by atoms with Gasteiger partial charge in [-0.05, 0) is 38.1 Å². The first-order valence-electron chi connectivity index (χ1n) is 6.04. The van der Waals surface area contributed by atoms with E-state index in [-0.39, 0.29) is 23.6 Å². The molecule has 2 rings (SSSR count).